The highest BCUT2D eigenvalue weighted by molar-refractivity contribution is 6.04. The second kappa shape index (κ2) is 10.7. The second-order valence-electron chi connectivity index (χ2n) is 9.32. The Balaban J connectivity index is 1.37. The topological polar surface area (TPSA) is 155 Å². The lowest BCUT2D eigenvalue weighted by Crippen LogP contribution is -2.48. The van der Waals surface area contributed by atoms with Crippen LogP contribution in [0.25, 0.3) is 21.7 Å². The number of benzene rings is 4. The number of carbonyl (C=O) groups is 2. The van der Waals surface area contributed by atoms with E-state index in [-0.39, 0.29) is 41.5 Å². The smallest absolute Gasteiger partial charge is 0.255 e. The Kier molecular flexibility index (Phi) is 6.96. The number of phenols is 4. The lowest BCUT2D eigenvalue weighted by molar-refractivity contribution is -0.122. The summed E-state index contributed by atoms with van der Waals surface area (Å²) in [4.78, 5) is 29.8. The Labute approximate surface area is 223 Å². The number of aromatic nitrogens is 1. The summed E-state index contributed by atoms with van der Waals surface area (Å²) in [6.45, 7) is 0.226. The van der Waals surface area contributed by atoms with Gasteiger partial charge in [0.05, 0.1) is 5.56 Å². The summed E-state index contributed by atoms with van der Waals surface area (Å²) >= 11 is 0. The number of rotatable bonds is 8. The molecule has 0 aliphatic rings. The summed E-state index contributed by atoms with van der Waals surface area (Å²) in [6, 6.07) is 18.7. The van der Waals surface area contributed by atoms with Gasteiger partial charge < -0.3 is 36.0 Å². The van der Waals surface area contributed by atoms with Crippen LogP contribution in [0.2, 0.25) is 0 Å². The highest BCUT2D eigenvalue weighted by atomic mass is 16.3. The molecular weight excluding hydrogens is 498 g/mol. The van der Waals surface area contributed by atoms with Crippen LogP contribution in [0.1, 0.15) is 21.5 Å². The minimum Gasteiger partial charge on any atom is -0.507 e. The van der Waals surface area contributed by atoms with Gasteiger partial charge in [-0.3, -0.25) is 9.59 Å². The maximum absolute atomic E-state index is 13.3. The number of nitrogens with one attached hydrogen (secondary N) is 3. The lowest BCUT2D eigenvalue weighted by Gasteiger charge is -2.19. The molecule has 0 aliphatic carbocycles. The Hall–Kier alpha value is -5.18. The van der Waals surface area contributed by atoms with E-state index in [9.17, 15) is 30.0 Å². The number of carbonyl (C=O) groups excluding carboxylic acids is 2. The predicted octanol–water partition coefficient (Wildman–Crippen LogP) is 3.84. The summed E-state index contributed by atoms with van der Waals surface area (Å²) in [5.74, 6) is -1.87. The monoisotopic (exact) mass is 525 g/mol. The number of amides is 2. The van der Waals surface area contributed by atoms with Crippen molar-refractivity contribution in [3.05, 3.63) is 95.7 Å². The molecule has 1 heterocycles. The number of fused-ring (bicyclic) bond motifs is 2. The first kappa shape index (κ1) is 25.5. The fourth-order valence-electron chi connectivity index (χ4n) is 4.62. The first-order valence-corrected chi connectivity index (χ1v) is 12.4. The van der Waals surface area contributed by atoms with Crippen molar-refractivity contribution in [3.63, 3.8) is 0 Å². The predicted molar refractivity (Wildman–Crippen MR) is 147 cm³/mol. The van der Waals surface area contributed by atoms with Crippen molar-refractivity contribution in [1.82, 2.24) is 15.6 Å². The molecule has 39 heavy (non-hydrogen) atoms. The molecule has 5 aromatic rings. The van der Waals surface area contributed by atoms with Gasteiger partial charge in [-0.25, -0.2) is 0 Å². The number of aromatic hydroxyl groups is 4. The first-order valence-electron chi connectivity index (χ1n) is 12.4. The summed E-state index contributed by atoms with van der Waals surface area (Å²) in [5, 5.41) is 47.3. The summed E-state index contributed by atoms with van der Waals surface area (Å²) < 4.78 is 0. The van der Waals surface area contributed by atoms with Crippen LogP contribution in [-0.2, 0) is 17.6 Å². The van der Waals surface area contributed by atoms with E-state index in [0.717, 1.165) is 16.5 Å². The zero-order valence-corrected chi connectivity index (χ0v) is 20.8. The van der Waals surface area contributed by atoms with Gasteiger partial charge >= 0.3 is 0 Å². The zero-order chi connectivity index (χ0) is 27.5. The van der Waals surface area contributed by atoms with E-state index in [1.807, 2.05) is 24.3 Å². The van der Waals surface area contributed by atoms with Gasteiger partial charge in [0.15, 0.2) is 11.5 Å². The lowest BCUT2D eigenvalue weighted by atomic mass is 10.0. The number of H-pyrrole nitrogens is 1. The van der Waals surface area contributed by atoms with Crippen LogP contribution < -0.4 is 10.6 Å². The molecule has 4 aromatic carbocycles. The minimum atomic E-state index is -0.968. The van der Waals surface area contributed by atoms with Gasteiger partial charge in [-0.15, -0.1) is 0 Å². The molecule has 198 valence electrons. The minimum absolute atomic E-state index is 0.0201. The molecule has 0 radical (unpaired) electrons. The molecule has 0 bridgehead atoms. The average Bonchev–Trinajstić information content (AvgIpc) is 3.33. The van der Waals surface area contributed by atoms with Gasteiger partial charge in [0.25, 0.3) is 5.91 Å². The molecule has 7 N–H and O–H groups in total. The fourth-order valence-corrected chi connectivity index (χ4v) is 4.62. The van der Waals surface area contributed by atoms with Crippen LogP contribution in [-0.4, -0.2) is 49.8 Å². The molecule has 0 saturated carbocycles. The SMILES string of the molecule is O=C(N[C@@H](Cc1c[nH]c2ccccc12)C(=O)NCCc1ccc(O)c(O)c1)c1cc2cccc(O)c2cc1O. The van der Waals surface area contributed by atoms with Crippen molar-refractivity contribution in [2.75, 3.05) is 6.54 Å². The molecule has 0 spiro atoms. The number of hydrogen-bond acceptors (Lipinski definition) is 6. The van der Waals surface area contributed by atoms with Crippen LogP contribution in [0.4, 0.5) is 0 Å². The molecular formula is C30H27N3O6. The van der Waals surface area contributed by atoms with Crippen LogP contribution in [0.15, 0.2) is 79.0 Å². The Bertz CT molecular complexity index is 1690. The fraction of sp³-hybridized carbons (Fsp3) is 0.133. The van der Waals surface area contributed by atoms with Crippen LogP contribution in [0.5, 0.6) is 23.0 Å². The van der Waals surface area contributed by atoms with Crippen LogP contribution >= 0.6 is 0 Å². The van der Waals surface area contributed by atoms with Crippen molar-refractivity contribution in [2.24, 2.45) is 0 Å². The molecule has 0 aliphatic heterocycles. The molecule has 9 nitrogen and oxygen atoms in total. The third-order valence-corrected chi connectivity index (χ3v) is 6.69. The third-order valence-electron chi connectivity index (χ3n) is 6.69. The molecule has 9 heteroatoms. The van der Waals surface area contributed by atoms with Crippen LogP contribution in [0.3, 0.4) is 0 Å². The van der Waals surface area contributed by atoms with Gasteiger partial charge in [0.2, 0.25) is 5.91 Å². The highest BCUT2D eigenvalue weighted by Crippen LogP contribution is 2.31. The summed E-state index contributed by atoms with van der Waals surface area (Å²) in [7, 11) is 0. The largest absolute Gasteiger partial charge is 0.507 e. The molecule has 0 fully saturated rings. The number of aromatic amines is 1. The number of phenolic OH excluding ortho intramolecular Hbond substituents is 4. The van der Waals surface area contributed by atoms with Gasteiger partial charge in [-0.05, 0) is 59.3 Å². The molecule has 0 unspecified atom stereocenters. The summed E-state index contributed by atoms with van der Waals surface area (Å²) in [5.41, 5.74) is 2.43. The number of para-hydroxylation sites is 1. The van der Waals surface area contributed by atoms with Crippen LogP contribution in [0, 0.1) is 0 Å². The Morgan fingerprint density at radius 2 is 1.62 bits per heavy atom. The zero-order valence-electron chi connectivity index (χ0n) is 20.8. The van der Waals surface area contributed by atoms with E-state index in [1.165, 1.54) is 30.3 Å². The van der Waals surface area contributed by atoms with Gasteiger partial charge in [0.1, 0.15) is 17.5 Å². The maximum Gasteiger partial charge on any atom is 0.255 e. The quantitative estimate of drug-likeness (QED) is 0.153. The first-order chi connectivity index (χ1) is 18.8. The van der Waals surface area contributed by atoms with E-state index in [0.29, 0.717) is 22.8 Å². The van der Waals surface area contributed by atoms with Crippen molar-refractivity contribution < 1.29 is 30.0 Å². The van der Waals surface area contributed by atoms with Gasteiger partial charge in [-0.1, -0.05) is 36.4 Å². The number of hydrogen-bond donors (Lipinski definition) is 7. The average molecular weight is 526 g/mol. The van der Waals surface area contributed by atoms with Crippen molar-refractivity contribution in [2.45, 2.75) is 18.9 Å². The third kappa shape index (κ3) is 5.42. The van der Waals surface area contributed by atoms with E-state index in [2.05, 4.69) is 15.6 Å². The molecule has 1 aromatic heterocycles. The van der Waals surface area contributed by atoms with Crippen molar-refractivity contribution >= 4 is 33.5 Å². The van der Waals surface area contributed by atoms with E-state index in [4.69, 9.17) is 0 Å². The maximum atomic E-state index is 13.3. The molecule has 0 saturated heterocycles. The molecule has 1 atom stereocenters. The van der Waals surface area contributed by atoms with E-state index < -0.39 is 17.9 Å². The van der Waals surface area contributed by atoms with Gasteiger partial charge in [-0.2, -0.15) is 0 Å². The standard InChI is InChI=1S/C30H27N3O6/c34-25-7-3-4-18-13-22(27(36)15-21(18)25)29(38)33-24(14-19-16-32-23-6-2-1-5-20(19)23)30(39)31-11-10-17-8-9-26(35)28(37)12-17/h1-9,12-13,15-16,24,32,34-37H,10-11,14H2,(H,31,39)(H,33,38)/t24-/m0/s1. The Morgan fingerprint density at radius 3 is 2.44 bits per heavy atom. The molecule has 5 rings (SSSR count). The Morgan fingerprint density at radius 1 is 0.795 bits per heavy atom. The summed E-state index contributed by atoms with van der Waals surface area (Å²) in [6.07, 6.45) is 2.38. The highest BCUT2D eigenvalue weighted by Gasteiger charge is 2.25. The van der Waals surface area contributed by atoms with Gasteiger partial charge in [0, 0.05) is 35.5 Å². The van der Waals surface area contributed by atoms with Crippen molar-refractivity contribution in [3.8, 4) is 23.0 Å². The van der Waals surface area contributed by atoms with E-state index >= 15 is 0 Å². The van der Waals surface area contributed by atoms with Crippen molar-refractivity contribution in [1.29, 1.82) is 0 Å². The normalized spacial score (nSPS) is 11.9. The molecule has 2 amide bonds. The van der Waals surface area contributed by atoms with E-state index in [1.54, 1.807) is 24.4 Å². The second-order valence-corrected chi connectivity index (χ2v) is 9.32.